The number of carbonyl (C=O) groups is 1. The first kappa shape index (κ1) is 18.5. The van der Waals surface area contributed by atoms with Crippen LogP contribution in [0, 0.1) is 0 Å². The Kier molecular flexibility index (Phi) is 5.86. The summed E-state index contributed by atoms with van der Waals surface area (Å²) < 4.78 is 22.9. The Bertz CT molecular complexity index is 718. The average molecular weight is 386 g/mol. The first-order chi connectivity index (χ1) is 11.9. The van der Waals surface area contributed by atoms with Crippen LogP contribution in [0.2, 0.25) is 5.02 Å². The van der Waals surface area contributed by atoms with Crippen molar-refractivity contribution in [2.24, 2.45) is 0 Å². The van der Waals surface area contributed by atoms with Crippen molar-refractivity contribution < 1.29 is 13.2 Å². The van der Waals surface area contributed by atoms with Crippen molar-refractivity contribution in [2.45, 2.75) is 18.9 Å². The Hall–Kier alpha value is -1.31. The smallest absolute Gasteiger partial charge is 0.223 e. The number of amides is 1. The van der Waals surface area contributed by atoms with Crippen LogP contribution < -0.4 is 10.2 Å². The number of sulfone groups is 1. The van der Waals surface area contributed by atoms with E-state index < -0.39 is 9.84 Å². The molecule has 2 heterocycles. The van der Waals surface area contributed by atoms with Gasteiger partial charge in [0, 0.05) is 55.9 Å². The molecule has 0 aliphatic carbocycles. The molecule has 0 spiro atoms. The number of benzene rings is 1. The number of halogens is 1. The molecule has 2 saturated heterocycles. The van der Waals surface area contributed by atoms with E-state index in [0.717, 1.165) is 23.8 Å². The number of nitrogens with one attached hydrogen (secondary N) is 1. The molecule has 0 radical (unpaired) electrons. The van der Waals surface area contributed by atoms with E-state index in [1.54, 1.807) is 0 Å². The summed E-state index contributed by atoms with van der Waals surface area (Å²) in [4.78, 5) is 16.4. The summed E-state index contributed by atoms with van der Waals surface area (Å²) >= 11 is 6.04. The molecule has 0 aromatic heterocycles. The van der Waals surface area contributed by atoms with Gasteiger partial charge in [-0.1, -0.05) is 17.7 Å². The van der Waals surface area contributed by atoms with Gasteiger partial charge in [-0.05, 0) is 24.6 Å². The predicted molar refractivity (Wildman–Crippen MR) is 99.9 cm³/mol. The summed E-state index contributed by atoms with van der Waals surface area (Å²) in [6, 6.07) is 7.76. The molecule has 1 aromatic carbocycles. The fraction of sp³-hybridized carbons (Fsp3) is 0.588. The van der Waals surface area contributed by atoms with E-state index in [-0.39, 0.29) is 23.5 Å². The number of hydrogen-bond acceptors (Lipinski definition) is 5. The average Bonchev–Trinajstić information content (AvgIpc) is 2.94. The quantitative estimate of drug-likeness (QED) is 0.823. The molecule has 0 bridgehead atoms. The first-order valence-corrected chi connectivity index (χ1v) is 10.8. The summed E-state index contributed by atoms with van der Waals surface area (Å²) in [6.07, 6.45) is 1.06. The van der Waals surface area contributed by atoms with E-state index in [9.17, 15) is 13.2 Å². The van der Waals surface area contributed by atoms with Crippen LogP contribution in [0.1, 0.15) is 12.8 Å². The monoisotopic (exact) mass is 385 g/mol. The lowest BCUT2D eigenvalue weighted by Crippen LogP contribution is -2.49. The van der Waals surface area contributed by atoms with Crippen molar-refractivity contribution in [3.05, 3.63) is 29.3 Å². The second kappa shape index (κ2) is 7.93. The summed E-state index contributed by atoms with van der Waals surface area (Å²) in [7, 11) is -2.87. The van der Waals surface area contributed by atoms with Gasteiger partial charge in [-0.25, -0.2) is 8.42 Å². The lowest BCUT2D eigenvalue weighted by molar-refractivity contribution is -0.131. The minimum atomic E-state index is -2.87. The molecule has 1 amide bonds. The van der Waals surface area contributed by atoms with Gasteiger partial charge in [0.1, 0.15) is 0 Å². The molecular formula is C17H24ClN3O3S. The highest BCUT2D eigenvalue weighted by Crippen LogP contribution is 2.21. The number of nitrogens with zero attached hydrogens (tertiary/aromatic N) is 2. The van der Waals surface area contributed by atoms with E-state index in [4.69, 9.17) is 11.6 Å². The summed E-state index contributed by atoms with van der Waals surface area (Å²) in [5, 5.41) is 3.91. The Morgan fingerprint density at radius 1 is 1.24 bits per heavy atom. The van der Waals surface area contributed by atoms with Crippen LogP contribution in [0.15, 0.2) is 24.3 Å². The van der Waals surface area contributed by atoms with Gasteiger partial charge in [-0.15, -0.1) is 0 Å². The second-order valence-corrected chi connectivity index (χ2v) is 9.32. The van der Waals surface area contributed by atoms with E-state index in [1.807, 2.05) is 29.2 Å². The van der Waals surface area contributed by atoms with Crippen molar-refractivity contribution in [3.8, 4) is 0 Å². The van der Waals surface area contributed by atoms with Crippen molar-refractivity contribution >= 4 is 33.0 Å². The maximum absolute atomic E-state index is 12.3. The van der Waals surface area contributed by atoms with Crippen LogP contribution >= 0.6 is 11.6 Å². The molecule has 2 fully saturated rings. The van der Waals surface area contributed by atoms with Crippen molar-refractivity contribution in [1.82, 2.24) is 10.2 Å². The third-order valence-corrected chi connectivity index (χ3v) is 6.81. The number of carbonyl (C=O) groups excluding carboxylic acids is 1. The van der Waals surface area contributed by atoms with Gasteiger partial charge in [0.2, 0.25) is 5.91 Å². The Balaban J connectivity index is 1.40. The van der Waals surface area contributed by atoms with Crippen molar-refractivity contribution in [1.29, 1.82) is 0 Å². The predicted octanol–water partition coefficient (Wildman–Crippen LogP) is 1.16. The van der Waals surface area contributed by atoms with E-state index in [2.05, 4.69) is 10.2 Å². The number of anilines is 1. The lowest BCUT2D eigenvalue weighted by Gasteiger charge is -2.36. The molecule has 6 nitrogen and oxygen atoms in total. The van der Waals surface area contributed by atoms with Crippen LogP contribution in [0.25, 0.3) is 0 Å². The Morgan fingerprint density at radius 3 is 2.64 bits per heavy atom. The van der Waals surface area contributed by atoms with Crippen LogP contribution in [0.3, 0.4) is 0 Å². The molecule has 1 atom stereocenters. The molecular weight excluding hydrogens is 362 g/mol. The van der Waals surface area contributed by atoms with Gasteiger partial charge in [0.05, 0.1) is 11.5 Å². The number of piperazine rings is 1. The highest BCUT2D eigenvalue weighted by Gasteiger charge is 2.27. The van der Waals surface area contributed by atoms with Gasteiger partial charge in [-0.3, -0.25) is 4.79 Å². The first-order valence-electron chi connectivity index (χ1n) is 8.65. The van der Waals surface area contributed by atoms with E-state index in [0.29, 0.717) is 32.5 Å². The molecule has 1 aromatic rings. The molecule has 2 aliphatic rings. The molecule has 3 rings (SSSR count). The van der Waals surface area contributed by atoms with E-state index in [1.165, 1.54) is 0 Å². The van der Waals surface area contributed by atoms with E-state index >= 15 is 0 Å². The number of hydrogen-bond donors (Lipinski definition) is 1. The highest BCUT2D eigenvalue weighted by molar-refractivity contribution is 7.91. The molecule has 2 aliphatic heterocycles. The summed E-state index contributed by atoms with van der Waals surface area (Å²) in [5.41, 5.74) is 1.09. The van der Waals surface area contributed by atoms with Gasteiger partial charge in [0.15, 0.2) is 9.84 Å². The van der Waals surface area contributed by atoms with Gasteiger partial charge >= 0.3 is 0 Å². The summed E-state index contributed by atoms with van der Waals surface area (Å²) in [5.74, 6) is 0.572. The Morgan fingerprint density at radius 2 is 2.00 bits per heavy atom. The van der Waals surface area contributed by atoms with Crippen molar-refractivity contribution in [2.75, 3.05) is 49.1 Å². The van der Waals surface area contributed by atoms with Crippen LogP contribution in [0.5, 0.6) is 0 Å². The van der Waals surface area contributed by atoms with Crippen LogP contribution in [0.4, 0.5) is 5.69 Å². The fourth-order valence-corrected chi connectivity index (χ4v) is 5.28. The molecule has 25 heavy (non-hydrogen) atoms. The minimum Gasteiger partial charge on any atom is -0.368 e. The highest BCUT2D eigenvalue weighted by atomic mass is 35.5. The van der Waals surface area contributed by atoms with Gasteiger partial charge in [0.25, 0.3) is 0 Å². The summed E-state index contributed by atoms with van der Waals surface area (Å²) in [6.45, 7) is 3.51. The standard InChI is InChI=1S/C17H24ClN3O3S/c18-14-2-1-3-16(12-14)20-7-9-21(10-8-20)17(22)4-6-19-15-5-11-25(23,24)13-15/h1-3,12,15,19H,4-11,13H2. The van der Waals surface area contributed by atoms with Crippen LogP contribution in [-0.2, 0) is 14.6 Å². The van der Waals surface area contributed by atoms with Gasteiger partial charge < -0.3 is 15.1 Å². The maximum Gasteiger partial charge on any atom is 0.223 e. The zero-order valence-corrected chi connectivity index (χ0v) is 15.7. The van der Waals surface area contributed by atoms with Crippen LogP contribution in [-0.4, -0.2) is 69.5 Å². The third-order valence-electron chi connectivity index (χ3n) is 4.81. The molecule has 0 saturated carbocycles. The SMILES string of the molecule is O=C(CCNC1CCS(=O)(=O)C1)N1CCN(c2cccc(Cl)c2)CC1. The lowest BCUT2D eigenvalue weighted by atomic mass is 10.2. The zero-order valence-electron chi connectivity index (χ0n) is 14.2. The van der Waals surface area contributed by atoms with Gasteiger partial charge in [-0.2, -0.15) is 0 Å². The normalized spacial score (nSPS) is 23.0. The number of rotatable bonds is 5. The largest absolute Gasteiger partial charge is 0.368 e. The zero-order chi connectivity index (χ0) is 17.9. The Labute approximate surface area is 154 Å². The molecule has 138 valence electrons. The fourth-order valence-electron chi connectivity index (χ4n) is 3.38. The molecule has 8 heteroatoms. The maximum atomic E-state index is 12.3. The second-order valence-electron chi connectivity index (χ2n) is 6.65. The minimum absolute atomic E-state index is 0.00234. The molecule has 1 unspecified atom stereocenters. The molecule has 1 N–H and O–H groups in total. The third kappa shape index (κ3) is 5.09. The van der Waals surface area contributed by atoms with Crippen molar-refractivity contribution in [3.63, 3.8) is 0 Å². The topological polar surface area (TPSA) is 69.7 Å².